The molecule has 4 aromatic rings. The molecule has 2 aromatic heterocycles. The second-order valence-electron chi connectivity index (χ2n) is 8.81. The van der Waals surface area contributed by atoms with E-state index in [1.165, 1.54) is 0 Å². The van der Waals surface area contributed by atoms with Gasteiger partial charge in [0.05, 0.1) is 9.85 Å². The van der Waals surface area contributed by atoms with Crippen molar-refractivity contribution >= 4 is 23.0 Å². The maximum atomic E-state index is 11.6. The highest BCUT2D eigenvalue weighted by Gasteiger charge is 2.18. The summed E-state index contributed by atoms with van der Waals surface area (Å²) in [7, 11) is 0. The number of halogens is 1. The monoisotopic (exact) mass is 536 g/mol. The molecule has 0 bridgehead atoms. The van der Waals surface area contributed by atoms with Crippen LogP contribution in [0.4, 0.5) is 11.4 Å². The van der Waals surface area contributed by atoms with Crippen molar-refractivity contribution in [3.63, 3.8) is 0 Å². The van der Waals surface area contributed by atoms with Crippen molar-refractivity contribution in [2.75, 3.05) is 0 Å². The number of hydrogen-bond acceptors (Lipinski definition) is 8. The van der Waals surface area contributed by atoms with Crippen LogP contribution in [0.5, 0.6) is 0 Å². The van der Waals surface area contributed by atoms with Crippen LogP contribution >= 0.6 is 11.6 Å². The first-order valence-electron chi connectivity index (χ1n) is 11.6. The summed E-state index contributed by atoms with van der Waals surface area (Å²) in [5, 5.41) is 21.1. The molecule has 0 radical (unpaired) electrons. The summed E-state index contributed by atoms with van der Waals surface area (Å²) in [6.07, 6.45) is 2.13. The van der Waals surface area contributed by atoms with Gasteiger partial charge in [0.25, 0.3) is 0 Å². The van der Waals surface area contributed by atoms with Crippen LogP contribution in [0, 0.1) is 20.2 Å². The van der Waals surface area contributed by atoms with Gasteiger partial charge in [-0.25, -0.2) is 15.0 Å². The second-order valence-corrected chi connectivity index (χ2v) is 9.17. The van der Waals surface area contributed by atoms with E-state index in [-0.39, 0.29) is 16.8 Å². The molecule has 4 rings (SSSR count). The van der Waals surface area contributed by atoms with E-state index in [1.807, 2.05) is 62.4 Å². The SMILES string of the molecule is CC(C)c1ccccc1-c1ncc([N+](=O)[O-])c(=O)[nH]1.CC(C)c1ccccc1-c1ncc([N+](=O)[O-])c(Cl)n1. The molecule has 0 unspecified atom stereocenters. The Hall–Kier alpha value is -4.51. The molecular formula is C26H25ClN6O5. The number of nitrogens with one attached hydrogen (secondary N) is 1. The Morgan fingerprint density at radius 3 is 1.79 bits per heavy atom. The summed E-state index contributed by atoms with van der Waals surface area (Å²) in [5.74, 6) is 1.31. The minimum atomic E-state index is -0.746. The van der Waals surface area contributed by atoms with Crippen LogP contribution in [0.15, 0.2) is 65.7 Å². The highest BCUT2D eigenvalue weighted by molar-refractivity contribution is 6.31. The van der Waals surface area contributed by atoms with Crippen molar-refractivity contribution in [3.8, 4) is 22.8 Å². The number of rotatable bonds is 6. The molecule has 0 fully saturated rings. The van der Waals surface area contributed by atoms with E-state index >= 15 is 0 Å². The van der Waals surface area contributed by atoms with Gasteiger partial charge in [0.15, 0.2) is 5.82 Å². The fourth-order valence-electron chi connectivity index (χ4n) is 3.68. The van der Waals surface area contributed by atoms with Crippen LogP contribution < -0.4 is 5.56 Å². The zero-order chi connectivity index (χ0) is 28.0. The lowest BCUT2D eigenvalue weighted by molar-refractivity contribution is -0.386. The Morgan fingerprint density at radius 1 is 0.789 bits per heavy atom. The summed E-state index contributed by atoms with van der Waals surface area (Å²) in [5.41, 5.74) is 2.15. The van der Waals surface area contributed by atoms with Gasteiger partial charge in [0.1, 0.15) is 18.2 Å². The minimum absolute atomic E-state index is 0.145. The predicted octanol–water partition coefficient (Wildman–Crippen LogP) is 6.30. The zero-order valence-electron chi connectivity index (χ0n) is 21.1. The van der Waals surface area contributed by atoms with Crippen molar-refractivity contribution in [2.45, 2.75) is 39.5 Å². The molecule has 2 aromatic carbocycles. The molecule has 0 atom stereocenters. The number of H-pyrrole nitrogens is 1. The first-order valence-corrected chi connectivity index (χ1v) is 12.0. The predicted molar refractivity (Wildman–Crippen MR) is 144 cm³/mol. The topological polar surface area (TPSA) is 158 Å². The van der Waals surface area contributed by atoms with Gasteiger partial charge in [-0.3, -0.25) is 25.0 Å². The molecular weight excluding hydrogens is 512 g/mol. The smallest absolute Gasteiger partial charge is 0.301 e. The van der Waals surface area contributed by atoms with Gasteiger partial charge in [-0.2, -0.15) is 0 Å². The maximum absolute atomic E-state index is 11.6. The van der Waals surface area contributed by atoms with E-state index in [2.05, 4.69) is 33.8 Å². The molecule has 0 saturated heterocycles. The van der Waals surface area contributed by atoms with Crippen molar-refractivity contribution in [2.24, 2.45) is 0 Å². The molecule has 0 spiro atoms. The summed E-state index contributed by atoms with van der Waals surface area (Å²) in [6, 6.07) is 15.2. The Kier molecular flexibility index (Phi) is 8.98. The first-order chi connectivity index (χ1) is 18.0. The quantitative estimate of drug-likeness (QED) is 0.171. The number of aromatic nitrogens is 4. The normalized spacial score (nSPS) is 10.7. The van der Waals surface area contributed by atoms with Crippen molar-refractivity contribution < 1.29 is 9.85 Å². The van der Waals surface area contributed by atoms with E-state index < -0.39 is 21.1 Å². The van der Waals surface area contributed by atoms with Gasteiger partial charge >= 0.3 is 16.9 Å². The Labute approximate surface area is 222 Å². The average Bonchev–Trinajstić information content (AvgIpc) is 2.88. The molecule has 0 aliphatic heterocycles. The number of nitrogens with zero attached hydrogens (tertiary/aromatic N) is 5. The van der Waals surface area contributed by atoms with Gasteiger partial charge in [-0.15, -0.1) is 0 Å². The molecule has 1 N–H and O–H groups in total. The lowest BCUT2D eigenvalue weighted by Gasteiger charge is -2.11. The van der Waals surface area contributed by atoms with Crippen LogP contribution in [0.2, 0.25) is 5.15 Å². The Balaban J connectivity index is 0.000000211. The Bertz CT molecular complexity index is 1540. The van der Waals surface area contributed by atoms with E-state index in [1.54, 1.807) is 0 Å². The molecule has 0 saturated carbocycles. The van der Waals surface area contributed by atoms with Crippen molar-refractivity contribution in [1.29, 1.82) is 0 Å². The zero-order valence-corrected chi connectivity index (χ0v) is 21.8. The summed E-state index contributed by atoms with van der Waals surface area (Å²) in [4.78, 5) is 46.0. The van der Waals surface area contributed by atoms with Crippen molar-refractivity contribution in [1.82, 2.24) is 19.9 Å². The van der Waals surface area contributed by atoms with Gasteiger partial charge in [-0.1, -0.05) is 87.8 Å². The fraction of sp³-hybridized carbons (Fsp3) is 0.231. The highest BCUT2D eigenvalue weighted by atomic mass is 35.5. The Morgan fingerprint density at radius 2 is 1.29 bits per heavy atom. The minimum Gasteiger partial charge on any atom is -0.301 e. The van der Waals surface area contributed by atoms with Crippen molar-refractivity contribution in [3.05, 3.63) is 108 Å². The molecule has 0 amide bonds. The van der Waals surface area contributed by atoms with Gasteiger partial charge in [0, 0.05) is 11.1 Å². The third-order valence-corrected chi connectivity index (χ3v) is 5.84. The van der Waals surface area contributed by atoms with Gasteiger partial charge in [-0.05, 0) is 23.0 Å². The number of aromatic amines is 1. The number of hydrogen-bond donors (Lipinski definition) is 1. The molecule has 2 heterocycles. The maximum Gasteiger partial charge on any atom is 0.351 e. The fourth-order valence-corrected chi connectivity index (χ4v) is 3.88. The van der Waals surface area contributed by atoms with Crippen LogP contribution in [-0.2, 0) is 0 Å². The van der Waals surface area contributed by atoms with E-state index in [9.17, 15) is 25.0 Å². The summed E-state index contributed by atoms with van der Waals surface area (Å²) >= 11 is 5.81. The summed E-state index contributed by atoms with van der Waals surface area (Å²) in [6.45, 7) is 8.18. The average molecular weight is 537 g/mol. The molecule has 38 heavy (non-hydrogen) atoms. The first kappa shape index (κ1) is 28.1. The number of benzene rings is 2. The van der Waals surface area contributed by atoms with E-state index in [4.69, 9.17) is 11.6 Å². The number of nitro groups is 2. The molecule has 0 aliphatic carbocycles. The molecule has 196 valence electrons. The van der Waals surface area contributed by atoms with Crippen LogP contribution in [-0.4, -0.2) is 29.8 Å². The van der Waals surface area contributed by atoms with Crippen LogP contribution in [0.3, 0.4) is 0 Å². The van der Waals surface area contributed by atoms with Crippen LogP contribution in [0.25, 0.3) is 22.8 Å². The third-order valence-electron chi connectivity index (χ3n) is 5.56. The standard InChI is InChI=1S/C13H12ClN3O2.C13H13N3O3/c1-8(2)9-5-3-4-6-10(9)13-15-7-11(17(18)19)12(14)16-13;1-8(2)9-5-3-4-6-10(9)12-14-7-11(16(18)19)13(17)15-12/h3-8H,1-2H3;3-8H,1-2H3,(H,14,15,17). The highest BCUT2D eigenvalue weighted by Crippen LogP contribution is 2.30. The molecule has 12 heteroatoms. The van der Waals surface area contributed by atoms with Crippen LogP contribution in [0.1, 0.15) is 50.7 Å². The van der Waals surface area contributed by atoms with E-state index in [0.717, 1.165) is 34.6 Å². The molecule has 11 nitrogen and oxygen atoms in total. The second kappa shape index (κ2) is 12.2. The summed E-state index contributed by atoms with van der Waals surface area (Å²) < 4.78 is 0. The van der Waals surface area contributed by atoms with E-state index in [0.29, 0.717) is 17.6 Å². The lowest BCUT2D eigenvalue weighted by atomic mass is 9.97. The van der Waals surface area contributed by atoms with Gasteiger partial charge in [0.2, 0.25) is 5.15 Å². The lowest BCUT2D eigenvalue weighted by Crippen LogP contribution is -2.13. The molecule has 0 aliphatic rings. The third kappa shape index (κ3) is 6.43. The largest absolute Gasteiger partial charge is 0.351 e. The van der Waals surface area contributed by atoms with Gasteiger partial charge < -0.3 is 4.98 Å².